The molecule has 2 aliphatic carbocycles. The van der Waals surface area contributed by atoms with E-state index in [1.54, 1.807) is 0 Å². The monoisotopic (exact) mass is 776 g/mol. The Morgan fingerprint density at radius 2 is 1.15 bits per heavy atom. The number of carbonyl (C=O) groups excluding carboxylic acids is 4. The number of aliphatic carboxylic acids is 2. The summed E-state index contributed by atoms with van der Waals surface area (Å²) >= 11 is 0. The first-order chi connectivity index (χ1) is 25.2. The van der Waals surface area contributed by atoms with Crippen LogP contribution in [-0.4, -0.2) is 159 Å². The van der Waals surface area contributed by atoms with Gasteiger partial charge in [0, 0.05) is 44.4 Å². The van der Waals surface area contributed by atoms with Crippen molar-refractivity contribution in [2.45, 2.75) is 87.8 Å². The zero-order valence-electron chi connectivity index (χ0n) is 29.3. The average Bonchev–Trinajstić information content (AvgIpc) is 3.58. The molecule has 0 unspecified atom stereocenters. The molecule has 0 heterocycles. The molecule has 2 aliphatic rings. The van der Waals surface area contributed by atoms with Crippen molar-refractivity contribution in [1.82, 2.24) is 31.7 Å². The Kier molecular flexibility index (Phi) is 16.9. The molecule has 13 atom stereocenters. The maximum Gasteiger partial charge on any atom is 0.396 e. The second-order valence-corrected chi connectivity index (χ2v) is 12.9. The van der Waals surface area contributed by atoms with Gasteiger partial charge in [-0.1, -0.05) is 0 Å². The van der Waals surface area contributed by atoms with Crippen molar-refractivity contribution in [2.24, 2.45) is 35.1 Å². The van der Waals surface area contributed by atoms with Crippen molar-refractivity contribution in [3.63, 3.8) is 0 Å². The quantitative estimate of drug-likeness (QED) is 0.0349. The summed E-state index contributed by atoms with van der Waals surface area (Å²) in [6, 6.07) is -5.08. The maximum atomic E-state index is 13.0. The van der Waals surface area contributed by atoms with E-state index in [9.17, 15) is 64.5 Å². The summed E-state index contributed by atoms with van der Waals surface area (Å²) in [6.45, 7) is 0.632. The van der Waals surface area contributed by atoms with Crippen LogP contribution in [0.4, 0.5) is 9.59 Å². The van der Waals surface area contributed by atoms with Crippen LogP contribution in [0.5, 0.6) is 0 Å². The molecular weight excluding hydrogens is 727 g/mol. The van der Waals surface area contributed by atoms with Crippen LogP contribution in [0.2, 0.25) is 0 Å². The summed E-state index contributed by atoms with van der Waals surface area (Å²) in [4.78, 5) is 74.6. The van der Waals surface area contributed by atoms with Gasteiger partial charge >= 0.3 is 31.7 Å². The predicted octanol–water partition coefficient (Wildman–Crippen LogP) is -6.95. The van der Waals surface area contributed by atoms with E-state index in [2.05, 4.69) is 31.7 Å². The number of aliphatic hydroxyl groups is 5. The van der Waals surface area contributed by atoms with Gasteiger partial charge < -0.3 is 88.4 Å². The van der Waals surface area contributed by atoms with Gasteiger partial charge in [0.15, 0.2) is 11.9 Å². The third-order valence-corrected chi connectivity index (χ3v) is 9.12. The highest BCUT2D eigenvalue weighted by molar-refractivity contribution is 6.37. The molecule has 0 saturated heterocycles. The lowest BCUT2D eigenvalue weighted by molar-refractivity contribution is -0.146. The largest absolute Gasteiger partial charge is 0.481 e. The zero-order valence-corrected chi connectivity index (χ0v) is 29.3. The molecule has 2 rings (SSSR count). The third-order valence-electron chi connectivity index (χ3n) is 9.12. The van der Waals surface area contributed by atoms with Gasteiger partial charge in [-0.25, -0.2) is 9.59 Å². The summed E-state index contributed by atoms with van der Waals surface area (Å²) in [5.74, 6) is -11.2. The molecule has 0 aromatic heterocycles. The SMILES string of the molecule is CC(=O)N[C@H]([C@@H](O)[C@@H](O)CO)[C@@H]1[C@H](OC(=O)NBNC(=O)O[C@H]2[C@@H]([C@H](NC(C)=O)[C@@H](O)CCO)[C@H](NC(=N)N)C[C@@H]2C(=O)O)[C@@H](C(=O)O)C[C@H]1NC(=N)N. The third kappa shape index (κ3) is 12.2. The van der Waals surface area contributed by atoms with E-state index in [4.69, 9.17) is 31.8 Å². The molecule has 0 aromatic carbocycles. The van der Waals surface area contributed by atoms with Gasteiger partial charge in [0.2, 0.25) is 11.8 Å². The normalized spacial score (nSPS) is 27.4. The molecule has 0 spiro atoms. The van der Waals surface area contributed by atoms with Crippen molar-refractivity contribution >= 4 is 55.4 Å². The number of carboxylic acid groups (broad SMARTS) is 2. The van der Waals surface area contributed by atoms with Gasteiger partial charge in [-0.05, 0) is 19.3 Å². The molecule has 2 saturated carbocycles. The van der Waals surface area contributed by atoms with Crippen LogP contribution in [0.3, 0.4) is 0 Å². The minimum atomic E-state index is -1.94. The van der Waals surface area contributed by atoms with Crippen LogP contribution < -0.4 is 43.2 Å². The number of nitrogens with one attached hydrogen (secondary N) is 8. The molecule has 0 aliphatic heterocycles. The van der Waals surface area contributed by atoms with Gasteiger partial charge in [0.25, 0.3) is 0 Å². The van der Waals surface area contributed by atoms with Crippen molar-refractivity contribution < 1.29 is 74.0 Å². The average molecular weight is 777 g/mol. The summed E-state index contributed by atoms with van der Waals surface area (Å²) in [5, 5.41) is 99.9. The molecule has 2 fully saturated rings. The molecule has 54 heavy (non-hydrogen) atoms. The highest BCUT2D eigenvalue weighted by atomic mass is 16.6. The molecule has 25 nitrogen and oxygen atoms in total. The van der Waals surface area contributed by atoms with E-state index in [1.165, 1.54) is 0 Å². The minimum Gasteiger partial charge on any atom is -0.481 e. The molecule has 304 valence electrons. The number of hydrogen-bond donors (Lipinski definition) is 17. The number of rotatable bonds is 18. The second kappa shape index (κ2) is 20.3. The number of guanidine groups is 2. The van der Waals surface area contributed by atoms with E-state index < -0.39 is 147 Å². The topological polar surface area (TPSA) is 434 Å². The van der Waals surface area contributed by atoms with E-state index in [0.717, 1.165) is 13.8 Å². The van der Waals surface area contributed by atoms with Crippen LogP contribution in [-0.2, 0) is 28.7 Å². The van der Waals surface area contributed by atoms with E-state index in [1.807, 2.05) is 0 Å². The van der Waals surface area contributed by atoms with Crippen LogP contribution >= 0.6 is 0 Å². The first-order valence-electron chi connectivity index (χ1n) is 16.6. The number of ether oxygens (including phenoxy) is 2. The fourth-order valence-corrected chi connectivity index (χ4v) is 7.05. The Hall–Kier alpha value is -5.18. The van der Waals surface area contributed by atoms with E-state index in [-0.39, 0.29) is 19.3 Å². The lowest BCUT2D eigenvalue weighted by atomic mass is 9.85. The van der Waals surface area contributed by atoms with Crippen LogP contribution in [0, 0.1) is 34.5 Å². The van der Waals surface area contributed by atoms with E-state index >= 15 is 0 Å². The number of carboxylic acids is 2. The van der Waals surface area contributed by atoms with Gasteiger partial charge in [-0.15, -0.1) is 0 Å². The smallest absolute Gasteiger partial charge is 0.396 e. The maximum absolute atomic E-state index is 13.0. The summed E-state index contributed by atoms with van der Waals surface area (Å²) < 4.78 is 10.8. The van der Waals surface area contributed by atoms with Gasteiger partial charge in [0.1, 0.15) is 24.4 Å². The minimum absolute atomic E-state index is 0.278. The highest BCUT2D eigenvalue weighted by Gasteiger charge is 2.56. The number of hydrogen-bond acceptors (Lipinski definition) is 15. The lowest BCUT2D eigenvalue weighted by Crippen LogP contribution is -2.60. The zero-order chi connectivity index (χ0) is 41.0. The van der Waals surface area contributed by atoms with Gasteiger partial charge in [-0.3, -0.25) is 30.0 Å². The van der Waals surface area contributed by atoms with Crippen LogP contribution in [0.1, 0.15) is 33.1 Å². The number of nitrogens with two attached hydrogens (primary N) is 2. The molecule has 0 bridgehead atoms. The Bertz CT molecular complexity index is 1400. The molecular formula is C28H49BN10O15. The highest BCUT2D eigenvalue weighted by Crippen LogP contribution is 2.39. The molecule has 4 amide bonds. The number of amides is 4. The lowest BCUT2D eigenvalue weighted by Gasteiger charge is -2.37. The summed E-state index contributed by atoms with van der Waals surface area (Å²) in [5.41, 5.74) is 11.0. The molecule has 19 N–H and O–H groups in total. The Morgan fingerprint density at radius 3 is 1.50 bits per heavy atom. The number of aliphatic hydroxyl groups excluding tert-OH is 5. The fraction of sp³-hybridized carbons (Fsp3) is 0.714. The van der Waals surface area contributed by atoms with Crippen molar-refractivity contribution in [1.29, 1.82) is 10.8 Å². The molecule has 26 heteroatoms. The fourth-order valence-electron chi connectivity index (χ4n) is 7.05. The van der Waals surface area contributed by atoms with Crippen LogP contribution in [0.25, 0.3) is 0 Å². The predicted molar refractivity (Wildman–Crippen MR) is 182 cm³/mol. The van der Waals surface area contributed by atoms with Crippen molar-refractivity contribution in [3.05, 3.63) is 0 Å². The Morgan fingerprint density at radius 1 is 0.741 bits per heavy atom. The van der Waals surface area contributed by atoms with Gasteiger partial charge in [-0.2, -0.15) is 0 Å². The Labute approximate surface area is 308 Å². The Balaban J connectivity index is 2.31. The van der Waals surface area contributed by atoms with Crippen LogP contribution in [0.15, 0.2) is 0 Å². The standard InChI is InChI=1S/C28H49BN10O15/c1-8(42)34-18(14(44)3-4-40)16-12(36-25(30)31)5-10(23(47)48)21(16)53-27(51)38-29-39-28(52)54-22-11(24(49)50)6-13(37-26(32)33)17(22)19(35-9(2)43)20(46)15(45)7-41/h10-22,29,40-41,44-46H,3-7H2,1-2H3,(H,34,42)(H,35,43)(H,38,51)(H,39,52)(H,47,48)(H,49,50)(H4,30,31,36)(H4,32,33,37)/t10-,11-,12+,13+,14-,15-,16+,17+,18+,19-,20-,21+,22+/m0/s1. The summed E-state index contributed by atoms with van der Waals surface area (Å²) in [7, 11) is -0.782. The van der Waals surface area contributed by atoms with E-state index in [0.29, 0.717) is 0 Å². The second-order valence-electron chi connectivity index (χ2n) is 12.9. The number of carbonyl (C=O) groups is 6. The molecule has 0 aromatic rings. The van der Waals surface area contributed by atoms with Crippen molar-refractivity contribution in [3.8, 4) is 0 Å². The first kappa shape index (κ1) is 45.0. The van der Waals surface area contributed by atoms with Gasteiger partial charge in [0.05, 0.1) is 36.6 Å². The summed E-state index contributed by atoms with van der Waals surface area (Å²) in [6.07, 6.45) is -12.2. The molecule has 0 radical (unpaired) electrons. The van der Waals surface area contributed by atoms with Crippen molar-refractivity contribution in [2.75, 3.05) is 13.2 Å². The first-order valence-corrected chi connectivity index (χ1v) is 16.6.